The van der Waals surface area contributed by atoms with Crippen molar-refractivity contribution in [3.8, 4) is 0 Å². The predicted octanol–water partition coefficient (Wildman–Crippen LogP) is 5.03. The maximum atomic E-state index is 6.31. The molecule has 2 aromatic carbocycles. The van der Waals surface area contributed by atoms with Crippen molar-refractivity contribution in [2.45, 2.75) is 19.9 Å². The third-order valence-corrected chi connectivity index (χ3v) is 4.89. The highest BCUT2D eigenvalue weighted by Crippen LogP contribution is 2.31. The van der Waals surface area contributed by atoms with Gasteiger partial charge in [0, 0.05) is 9.50 Å². The molecule has 0 saturated carbocycles. The molecule has 1 atom stereocenters. The molecule has 0 aliphatic carbocycles. The summed E-state index contributed by atoms with van der Waals surface area (Å²) in [6.07, 6.45) is 0. The van der Waals surface area contributed by atoms with Crippen LogP contribution in [-0.4, -0.2) is 7.05 Å². The van der Waals surface area contributed by atoms with E-state index in [-0.39, 0.29) is 6.04 Å². The van der Waals surface area contributed by atoms with E-state index in [1.54, 1.807) is 0 Å². The monoisotopic (exact) mass is 337 g/mol. The zero-order valence-corrected chi connectivity index (χ0v) is 13.6. The van der Waals surface area contributed by atoms with E-state index in [1.807, 2.05) is 25.2 Å². The molecule has 0 spiro atoms. The van der Waals surface area contributed by atoms with Crippen LogP contribution in [0.25, 0.3) is 0 Å². The van der Waals surface area contributed by atoms with E-state index in [2.05, 4.69) is 53.3 Å². The van der Waals surface area contributed by atoms with E-state index in [0.29, 0.717) is 0 Å². The van der Waals surface area contributed by atoms with Crippen molar-refractivity contribution < 1.29 is 0 Å². The van der Waals surface area contributed by atoms with E-state index in [9.17, 15) is 0 Å². The van der Waals surface area contributed by atoms with Gasteiger partial charge in [-0.15, -0.1) is 0 Å². The quantitative estimate of drug-likeness (QED) is 0.828. The van der Waals surface area contributed by atoms with E-state index >= 15 is 0 Å². The maximum absolute atomic E-state index is 6.31. The normalized spacial score (nSPS) is 12.5. The Labute approximate surface area is 128 Å². The van der Waals surface area contributed by atoms with E-state index in [1.165, 1.54) is 21.2 Å². The fraction of sp³-hybridized carbons (Fsp3) is 0.250. The molecule has 1 nitrogen and oxygen atoms in total. The Morgan fingerprint density at radius 3 is 2.21 bits per heavy atom. The van der Waals surface area contributed by atoms with Crippen LogP contribution < -0.4 is 5.32 Å². The third-order valence-electron chi connectivity index (χ3n) is 3.30. The average molecular weight is 339 g/mol. The van der Waals surface area contributed by atoms with Crippen molar-refractivity contribution in [2.24, 2.45) is 0 Å². The summed E-state index contributed by atoms with van der Waals surface area (Å²) >= 11 is 9.92. The van der Waals surface area contributed by atoms with Gasteiger partial charge in [0.2, 0.25) is 0 Å². The molecule has 3 heteroatoms. The number of rotatable bonds is 3. The van der Waals surface area contributed by atoms with Crippen molar-refractivity contribution in [2.75, 3.05) is 7.05 Å². The lowest BCUT2D eigenvalue weighted by Crippen LogP contribution is -2.18. The fourth-order valence-electron chi connectivity index (χ4n) is 2.36. The molecule has 2 aromatic rings. The summed E-state index contributed by atoms with van der Waals surface area (Å²) in [6.45, 7) is 4.22. The molecule has 0 radical (unpaired) electrons. The van der Waals surface area contributed by atoms with Gasteiger partial charge < -0.3 is 5.32 Å². The summed E-state index contributed by atoms with van der Waals surface area (Å²) < 4.78 is 1.17. The standard InChI is InChI=1S/C16H17BrClN/c1-10-8-12(9-11(2)15(10)17)16(19-3)13-6-4-5-7-14(13)18/h4-9,16,19H,1-3H3. The minimum atomic E-state index is 0.110. The number of halogens is 2. The summed E-state index contributed by atoms with van der Waals surface area (Å²) in [6, 6.07) is 12.5. The molecule has 0 aliphatic heterocycles. The third kappa shape index (κ3) is 3.02. The Morgan fingerprint density at radius 1 is 1.11 bits per heavy atom. The number of nitrogens with one attached hydrogen (secondary N) is 1. The van der Waals surface area contributed by atoms with Crippen LogP contribution in [0.3, 0.4) is 0 Å². The van der Waals surface area contributed by atoms with Gasteiger partial charge >= 0.3 is 0 Å². The molecule has 0 aliphatic rings. The molecule has 0 heterocycles. The molecule has 0 fully saturated rings. The summed E-state index contributed by atoms with van der Waals surface area (Å²) in [4.78, 5) is 0. The predicted molar refractivity (Wildman–Crippen MR) is 86.0 cm³/mol. The molecular weight excluding hydrogens is 322 g/mol. The van der Waals surface area contributed by atoms with Crippen molar-refractivity contribution in [3.05, 3.63) is 68.1 Å². The van der Waals surface area contributed by atoms with Gasteiger partial charge in [0.05, 0.1) is 6.04 Å². The Hall–Kier alpha value is -0.830. The summed E-state index contributed by atoms with van der Waals surface area (Å²) in [5, 5.41) is 4.14. The van der Waals surface area contributed by atoms with Gasteiger partial charge in [-0.05, 0) is 49.2 Å². The minimum Gasteiger partial charge on any atom is -0.309 e. The van der Waals surface area contributed by atoms with Gasteiger partial charge in [-0.1, -0.05) is 57.9 Å². The first-order chi connectivity index (χ1) is 9.04. The zero-order valence-electron chi connectivity index (χ0n) is 11.3. The van der Waals surface area contributed by atoms with Crippen LogP contribution in [0, 0.1) is 13.8 Å². The fourth-order valence-corrected chi connectivity index (χ4v) is 2.83. The largest absolute Gasteiger partial charge is 0.309 e. The Bertz CT molecular complexity index is 572. The molecule has 1 unspecified atom stereocenters. The average Bonchev–Trinajstić information content (AvgIpc) is 2.39. The van der Waals surface area contributed by atoms with Gasteiger partial charge in [-0.3, -0.25) is 0 Å². The van der Waals surface area contributed by atoms with Crippen molar-refractivity contribution >= 4 is 27.5 Å². The Morgan fingerprint density at radius 2 is 1.68 bits per heavy atom. The highest BCUT2D eigenvalue weighted by atomic mass is 79.9. The Balaban J connectivity index is 2.52. The number of aryl methyl sites for hydroxylation is 2. The lowest BCUT2D eigenvalue weighted by molar-refractivity contribution is 0.690. The molecule has 19 heavy (non-hydrogen) atoms. The topological polar surface area (TPSA) is 12.0 Å². The van der Waals surface area contributed by atoms with Crippen molar-refractivity contribution in [1.29, 1.82) is 0 Å². The SMILES string of the molecule is CNC(c1cc(C)c(Br)c(C)c1)c1ccccc1Cl. The lowest BCUT2D eigenvalue weighted by Gasteiger charge is -2.20. The second-order valence-electron chi connectivity index (χ2n) is 4.71. The molecule has 0 bridgehead atoms. The maximum Gasteiger partial charge on any atom is 0.0589 e. The van der Waals surface area contributed by atoms with Gasteiger partial charge in [-0.25, -0.2) is 0 Å². The Kier molecular flexibility index (Phi) is 4.67. The van der Waals surface area contributed by atoms with Crippen LogP contribution in [0.1, 0.15) is 28.3 Å². The van der Waals surface area contributed by atoms with Crippen molar-refractivity contribution in [1.82, 2.24) is 5.32 Å². The van der Waals surface area contributed by atoms with Crippen LogP contribution in [0.15, 0.2) is 40.9 Å². The summed E-state index contributed by atoms with van der Waals surface area (Å²) in [7, 11) is 1.96. The highest BCUT2D eigenvalue weighted by Gasteiger charge is 2.16. The van der Waals surface area contributed by atoms with Gasteiger partial charge in [0.1, 0.15) is 0 Å². The molecule has 100 valence electrons. The minimum absolute atomic E-state index is 0.110. The van der Waals surface area contributed by atoms with E-state index in [4.69, 9.17) is 11.6 Å². The van der Waals surface area contributed by atoms with Crippen LogP contribution >= 0.6 is 27.5 Å². The number of hydrogen-bond donors (Lipinski definition) is 1. The van der Waals surface area contributed by atoms with Crippen LogP contribution in [0.2, 0.25) is 5.02 Å². The molecular formula is C16H17BrClN. The van der Waals surface area contributed by atoms with E-state index in [0.717, 1.165) is 10.6 Å². The van der Waals surface area contributed by atoms with Crippen LogP contribution in [0.5, 0.6) is 0 Å². The molecule has 0 amide bonds. The molecule has 0 saturated heterocycles. The van der Waals surface area contributed by atoms with Crippen molar-refractivity contribution in [3.63, 3.8) is 0 Å². The van der Waals surface area contributed by atoms with Gasteiger partial charge in [0.25, 0.3) is 0 Å². The highest BCUT2D eigenvalue weighted by molar-refractivity contribution is 9.10. The van der Waals surface area contributed by atoms with Crippen LogP contribution in [0.4, 0.5) is 0 Å². The number of hydrogen-bond acceptors (Lipinski definition) is 1. The summed E-state index contributed by atoms with van der Waals surface area (Å²) in [5.41, 5.74) is 4.81. The second-order valence-corrected chi connectivity index (χ2v) is 5.91. The van der Waals surface area contributed by atoms with Gasteiger partial charge in [0.15, 0.2) is 0 Å². The second kappa shape index (κ2) is 6.08. The summed E-state index contributed by atoms with van der Waals surface area (Å²) in [5.74, 6) is 0. The lowest BCUT2D eigenvalue weighted by atomic mass is 9.96. The zero-order chi connectivity index (χ0) is 14.0. The first kappa shape index (κ1) is 14.6. The molecule has 0 aromatic heterocycles. The number of benzene rings is 2. The van der Waals surface area contributed by atoms with Crippen LogP contribution in [-0.2, 0) is 0 Å². The van der Waals surface area contributed by atoms with E-state index < -0.39 is 0 Å². The van der Waals surface area contributed by atoms with Gasteiger partial charge in [-0.2, -0.15) is 0 Å². The molecule has 1 N–H and O–H groups in total. The first-order valence-corrected chi connectivity index (χ1v) is 7.40. The smallest absolute Gasteiger partial charge is 0.0589 e. The first-order valence-electron chi connectivity index (χ1n) is 6.23. The molecule has 2 rings (SSSR count).